The summed E-state index contributed by atoms with van der Waals surface area (Å²) in [6.45, 7) is 8.68. The van der Waals surface area contributed by atoms with Crippen LogP contribution in [0.1, 0.15) is 41.5 Å². The lowest BCUT2D eigenvalue weighted by Gasteiger charge is -2.32. The third-order valence-corrected chi connectivity index (χ3v) is 4.66. The number of benzene rings is 1. The number of rotatable bonds is 5. The number of amides is 2. The Kier molecular flexibility index (Phi) is 5.69. The Morgan fingerprint density at radius 3 is 2.37 bits per heavy atom. The van der Waals surface area contributed by atoms with Crippen LogP contribution in [-0.4, -0.2) is 53.4 Å². The Hall–Kier alpha value is -2.96. The van der Waals surface area contributed by atoms with Crippen LogP contribution in [0, 0.1) is 6.92 Å². The van der Waals surface area contributed by atoms with Crippen molar-refractivity contribution >= 4 is 24.0 Å². The second-order valence-corrected chi connectivity index (χ2v) is 7.05. The highest BCUT2D eigenvalue weighted by atomic mass is 16.2. The molecule has 1 aromatic heterocycles. The SMILES string of the molecule is Cc1cc(C(=O)Nc2ccc(C(C)C)cc2)nc(N2CCN(C=O)CC2)n1. The summed E-state index contributed by atoms with van der Waals surface area (Å²) in [4.78, 5) is 36.1. The monoisotopic (exact) mass is 367 g/mol. The lowest BCUT2D eigenvalue weighted by molar-refractivity contribution is -0.118. The molecule has 1 N–H and O–H groups in total. The van der Waals surface area contributed by atoms with E-state index in [-0.39, 0.29) is 5.91 Å². The highest BCUT2D eigenvalue weighted by Crippen LogP contribution is 2.18. The number of piperazine rings is 1. The molecule has 1 aromatic carbocycles. The highest BCUT2D eigenvalue weighted by Gasteiger charge is 2.20. The minimum atomic E-state index is -0.259. The van der Waals surface area contributed by atoms with Crippen LogP contribution in [0.15, 0.2) is 30.3 Å². The summed E-state index contributed by atoms with van der Waals surface area (Å²) in [5.74, 6) is 0.716. The fourth-order valence-electron chi connectivity index (χ4n) is 2.98. The number of nitrogens with one attached hydrogen (secondary N) is 1. The van der Waals surface area contributed by atoms with Crippen molar-refractivity contribution in [3.05, 3.63) is 47.3 Å². The van der Waals surface area contributed by atoms with E-state index in [0.29, 0.717) is 43.7 Å². The predicted molar refractivity (Wildman–Crippen MR) is 105 cm³/mol. The van der Waals surface area contributed by atoms with Gasteiger partial charge in [0.25, 0.3) is 5.91 Å². The fourth-order valence-corrected chi connectivity index (χ4v) is 2.98. The summed E-state index contributed by atoms with van der Waals surface area (Å²) >= 11 is 0. The van der Waals surface area contributed by atoms with Gasteiger partial charge in [0.1, 0.15) is 5.69 Å². The van der Waals surface area contributed by atoms with E-state index in [4.69, 9.17) is 0 Å². The largest absolute Gasteiger partial charge is 0.342 e. The number of carbonyl (C=O) groups excluding carboxylic acids is 2. The van der Waals surface area contributed by atoms with Crippen LogP contribution >= 0.6 is 0 Å². The molecule has 3 rings (SSSR count). The van der Waals surface area contributed by atoms with E-state index in [9.17, 15) is 9.59 Å². The normalized spacial score (nSPS) is 14.4. The Morgan fingerprint density at radius 2 is 1.78 bits per heavy atom. The molecular formula is C20H25N5O2. The maximum Gasteiger partial charge on any atom is 0.274 e. The summed E-state index contributed by atoms with van der Waals surface area (Å²) in [5.41, 5.74) is 3.03. The molecule has 7 nitrogen and oxygen atoms in total. The number of anilines is 2. The number of hydrogen-bond donors (Lipinski definition) is 1. The molecule has 7 heteroatoms. The van der Waals surface area contributed by atoms with Crippen molar-refractivity contribution in [1.29, 1.82) is 0 Å². The molecule has 0 atom stereocenters. The third kappa shape index (κ3) is 4.61. The molecule has 27 heavy (non-hydrogen) atoms. The van der Waals surface area contributed by atoms with E-state index < -0.39 is 0 Å². The van der Waals surface area contributed by atoms with Crippen LogP contribution in [0.25, 0.3) is 0 Å². The van der Waals surface area contributed by atoms with Gasteiger partial charge < -0.3 is 15.1 Å². The van der Waals surface area contributed by atoms with E-state index in [2.05, 4.69) is 29.1 Å². The van der Waals surface area contributed by atoms with Crippen molar-refractivity contribution < 1.29 is 9.59 Å². The van der Waals surface area contributed by atoms with E-state index in [1.807, 2.05) is 36.1 Å². The van der Waals surface area contributed by atoms with E-state index in [1.165, 1.54) is 5.56 Å². The summed E-state index contributed by atoms with van der Waals surface area (Å²) < 4.78 is 0. The average Bonchev–Trinajstić information content (AvgIpc) is 2.68. The van der Waals surface area contributed by atoms with E-state index in [1.54, 1.807) is 11.0 Å². The van der Waals surface area contributed by atoms with Crippen LogP contribution in [0.3, 0.4) is 0 Å². The topological polar surface area (TPSA) is 78.4 Å². The zero-order valence-electron chi connectivity index (χ0n) is 16.0. The van der Waals surface area contributed by atoms with Gasteiger partial charge in [-0.1, -0.05) is 26.0 Å². The number of hydrogen-bond acceptors (Lipinski definition) is 5. The minimum absolute atomic E-state index is 0.259. The first-order valence-corrected chi connectivity index (χ1v) is 9.17. The number of aryl methyl sites for hydroxylation is 1. The van der Waals surface area contributed by atoms with Crippen LogP contribution in [0.5, 0.6) is 0 Å². The van der Waals surface area contributed by atoms with Crippen molar-refractivity contribution in [3.8, 4) is 0 Å². The first kappa shape index (κ1) is 18.8. The lowest BCUT2D eigenvalue weighted by atomic mass is 10.0. The third-order valence-electron chi connectivity index (χ3n) is 4.66. The summed E-state index contributed by atoms with van der Waals surface area (Å²) in [6.07, 6.45) is 0.859. The van der Waals surface area contributed by atoms with Gasteiger partial charge in [0.15, 0.2) is 0 Å². The Bertz CT molecular complexity index is 812. The zero-order valence-corrected chi connectivity index (χ0v) is 16.0. The van der Waals surface area contributed by atoms with Gasteiger partial charge in [-0.3, -0.25) is 9.59 Å². The molecule has 1 fully saturated rings. The number of carbonyl (C=O) groups is 2. The maximum absolute atomic E-state index is 12.6. The van der Waals surface area contributed by atoms with Gasteiger partial charge in [-0.05, 0) is 36.6 Å². The number of nitrogens with zero attached hydrogens (tertiary/aromatic N) is 4. The predicted octanol–water partition coefficient (Wildman–Crippen LogP) is 2.44. The van der Waals surface area contributed by atoms with Gasteiger partial charge in [-0.25, -0.2) is 9.97 Å². The van der Waals surface area contributed by atoms with Gasteiger partial charge in [0.05, 0.1) is 0 Å². The average molecular weight is 367 g/mol. The Morgan fingerprint density at radius 1 is 1.11 bits per heavy atom. The molecule has 0 aliphatic carbocycles. The molecule has 1 aliphatic rings. The van der Waals surface area contributed by atoms with Gasteiger partial charge in [-0.2, -0.15) is 0 Å². The molecule has 142 valence electrons. The summed E-state index contributed by atoms with van der Waals surface area (Å²) in [7, 11) is 0. The molecule has 0 bridgehead atoms. The van der Waals surface area contributed by atoms with Crippen molar-refractivity contribution in [3.63, 3.8) is 0 Å². The summed E-state index contributed by atoms with van der Waals surface area (Å²) in [5, 5.41) is 2.90. The molecule has 2 heterocycles. The fraction of sp³-hybridized carbons (Fsp3) is 0.400. The molecular weight excluding hydrogens is 342 g/mol. The smallest absolute Gasteiger partial charge is 0.274 e. The first-order chi connectivity index (χ1) is 13.0. The Balaban J connectivity index is 1.73. The summed E-state index contributed by atoms with van der Waals surface area (Å²) in [6, 6.07) is 9.53. The van der Waals surface area contributed by atoms with Crippen molar-refractivity contribution in [1.82, 2.24) is 14.9 Å². The molecule has 0 radical (unpaired) electrons. The molecule has 2 amide bonds. The molecule has 0 saturated carbocycles. The highest BCUT2D eigenvalue weighted by molar-refractivity contribution is 6.03. The van der Waals surface area contributed by atoms with Crippen molar-refractivity contribution in [2.75, 3.05) is 36.4 Å². The van der Waals surface area contributed by atoms with E-state index in [0.717, 1.165) is 17.8 Å². The molecule has 1 aliphatic heterocycles. The van der Waals surface area contributed by atoms with Crippen LogP contribution in [0.2, 0.25) is 0 Å². The quantitative estimate of drug-likeness (QED) is 0.821. The second-order valence-electron chi connectivity index (χ2n) is 7.05. The van der Waals surface area contributed by atoms with Gasteiger partial charge in [0, 0.05) is 37.6 Å². The minimum Gasteiger partial charge on any atom is -0.342 e. The maximum atomic E-state index is 12.6. The van der Waals surface area contributed by atoms with Crippen molar-refractivity contribution in [2.24, 2.45) is 0 Å². The lowest BCUT2D eigenvalue weighted by Crippen LogP contribution is -2.46. The first-order valence-electron chi connectivity index (χ1n) is 9.17. The number of aromatic nitrogens is 2. The van der Waals surface area contributed by atoms with Gasteiger partial charge >= 0.3 is 0 Å². The van der Waals surface area contributed by atoms with Crippen LogP contribution < -0.4 is 10.2 Å². The second kappa shape index (κ2) is 8.16. The van der Waals surface area contributed by atoms with E-state index >= 15 is 0 Å². The molecule has 0 unspecified atom stereocenters. The van der Waals surface area contributed by atoms with Gasteiger partial charge in [-0.15, -0.1) is 0 Å². The zero-order chi connectivity index (χ0) is 19.4. The molecule has 0 spiro atoms. The standard InChI is InChI=1S/C20H25N5O2/c1-14(2)16-4-6-17(7-5-16)22-19(27)18-12-15(3)21-20(23-18)25-10-8-24(13-26)9-11-25/h4-7,12-14H,8-11H2,1-3H3,(H,22,27). The molecule has 2 aromatic rings. The van der Waals surface area contributed by atoms with Crippen LogP contribution in [0.4, 0.5) is 11.6 Å². The Labute approximate surface area is 159 Å². The molecule has 1 saturated heterocycles. The van der Waals surface area contributed by atoms with Crippen molar-refractivity contribution in [2.45, 2.75) is 26.7 Å². The van der Waals surface area contributed by atoms with Crippen LogP contribution in [-0.2, 0) is 4.79 Å². The van der Waals surface area contributed by atoms with Gasteiger partial charge in [0.2, 0.25) is 12.4 Å².